The first kappa shape index (κ1) is 18.1. The summed E-state index contributed by atoms with van der Waals surface area (Å²) in [5.74, 6) is -0.640. The van der Waals surface area contributed by atoms with Crippen LogP contribution in [-0.2, 0) is 9.53 Å². The number of nitrogens with one attached hydrogen (secondary N) is 2. The quantitative estimate of drug-likeness (QED) is 0.472. The molecule has 0 radical (unpaired) electrons. The number of esters is 1. The van der Waals surface area contributed by atoms with Crippen LogP contribution in [0.25, 0.3) is 0 Å². The third-order valence-electron chi connectivity index (χ3n) is 3.90. The number of quaternary nitrogens is 1. The van der Waals surface area contributed by atoms with Gasteiger partial charge in [-0.2, -0.15) is 5.26 Å². The standard InChI is InChI=1S/C17H21ClN4O2/c1-3-24-17(23)13(11-19)12-20-15-10-14(18)4-5-16(15)22-8-6-21(2)7-9-22/h4-5,10,12,20H,3,6-9H2,1-2H3/p+1/b13-12+. The molecule has 7 heteroatoms. The highest BCUT2D eigenvalue weighted by Gasteiger charge is 2.19. The van der Waals surface area contributed by atoms with E-state index in [1.54, 1.807) is 13.0 Å². The number of hydrogen-bond donors (Lipinski definition) is 2. The predicted octanol–water partition coefficient (Wildman–Crippen LogP) is 1.06. The molecule has 0 amide bonds. The molecule has 2 rings (SSSR count). The van der Waals surface area contributed by atoms with Crippen molar-refractivity contribution in [2.45, 2.75) is 6.92 Å². The molecule has 6 nitrogen and oxygen atoms in total. The van der Waals surface area contributed by atoms with Gasteiger partial charge < -0.3 is 19.9 Å². The third kappa shape index (κ3) is 4.63. The summed E-state index contributed by atoms with van der Waals surface area (Å²) in [6.45, 7) is 5.92. The molecule has 1 fully saturated rings. The Hall–Kier alpha value is -2.23. The van der Waals surface area contributed by atoms with E-state index in [0.717, 1.165) is 37.6 Å². The average Bonchev–Trinajstić information content (AvgIpc) is 2.57. The van der Waals surface area contributed by atoms with E-state index in [4.69, 9.17) is 21.6 Å². The molecule has 0 unspecified atom stereocenters. The lowest BCUT2D eigenvalue weighted by atomic mass is 10.2. The van der Waals surface area contributed by atoms with Crippen molar-refractivity contribution in [2.75, 3.05) is 50.1 Å². The van der Waals surface area contributed by atoms with Crippen LogP contribution in [0.5, 0.6) is 0 Å². The van der Waals surface area contributed by atoms with Crippen molar-refractivity contribution < 1.29 is 14.4 Å². The second-order valence-corrected chi connectivity index (χ2v) is 6.08. The lowest BCUT2D eigenvalue weighted by molar-refractivity contribution is -0.880. The Morgan fingerprint density at radius 1 is 1.50 bits per heavy atom. The molecule has 1 heterocycles. The second kappa shape index (κ2) is 8.57. The van der Waals surface area contributed by atoms with Gasteiger partial charge in [0.05, 0.1) is 51.2 Å². The second-order valence-electron chi connectivity index (χ2n) is 5.64. The van der Waals surface area contributed by atoms with Crippen LogP contribution in [0.3, 0.4) is 0 Å². The normalized spacial score (nSPS) is 15.8. The number of benzene rings is 1. The van der Waals surface area contributed by atoms with E-state index >= 15 is 0 Å². The number of piperazine rings is 1. The van der Waals surface area contributed by atoms with Crippen LogP contribution in [0.2, 0.25) is 5.02 Å². The molecular weight excluding hydrogens is 328 g/mol. The van der Waals surface area contributed by atoms with Crippen LogP contribution in [0.4, 0.5) is 11.4 Å². The minimum atomic E-state index is -0.640. The molecule has 0 atom stereocenters. The Morgan fingerprint density at radius 2 is 2.21 bits per heavy atom. The molecule has 1 aromatic carbocycles. The minimum Gasteiger partial charge on any atom is -0.462 e. The summed E-state index contributed by atoms with van der Waals surface area (Å²) in [5, 5.41) is 12.7. The summed E-state index contributed by atoms with van der Waals surface area (Å²) in [7, 11) is 2.18. The molecule has 128 valence electrons. The zero-order valence-corrected chi connectivity index (χ0v) is 14.7. The monoisotopic (exact) mass is 349 g/mol. The fraction of sp³-hybridized carbons (Fsp3) is 0.412. The van der Waals surface area contributed by atoms with Gasteiger partial charge in [-0.05, 0) is 25.1 Å². The van der Waals surface area contributed by atoms with Gasteiger partial charge in [0.25, 0.3) is 0 Å². The number of hydrogen-bond acceptors (Lipinski definition) is 5. The van der Waals surface area contributed by atoms with Crippen molar-refractivity contribution in [1.29, 1.82) is 5.26 Å². The Bertz CT molecular complexity index is 661. The summed E-state index contributed by atoms with van der Waals surface area (Å²) in [6.07, 6.45) is 1.37. The summed E-state index contributed by atoms with van der Waals surface area (Å²) in [5.41, 5.74) is 1.69. The van der Waals surface area contributed by atoms with E-state index in [2.05, 4.69) is 17.3 Å². The molecule has 1 aliphatic heterocycles. The Kier molecular flexibility index (Phi) is 6.47. The molecule has 0 aliphatic carbocycles. The SMILES string of the molecule is CCOC(=O)/C(C#N)=C/Nc1cc(Cl)ccc1N1CC[NH+](C)CC1. The summed E-state index contributed by atoms with van der Waals surface area (Å²) >= 11 is 6.10. The van der Waals surface area contributed by atoms with Crippen molar-refractivity contribution in [2.24, 2.45) is 0 Å². The first-order chi connectivity index (χ1) is 11.5. The van der Waals surface area contributed by atoms with Gasteiger partial charge in [0.15, 0.2) is 5.57 Å². The lowest BCUT2D eigenvalue weighted by Gasteiger charge is -2.33. The number of nitrogens with zero attached hydrogens (tertiary/aromatic N) is 2. The van der Waals surface area contributed by atoms with Gasteiger partial charge in [0.2, 0.25) is 0 Å². The Morgan fingerprint density at radius 3 is 2.83 bits per heavy atom. The van der Waals surface area contributed by atoms with Crippen LogP contribution >= 0.6 is 11.6 Å². The Balaban J connectivity index is 2.21. The molecule has 0 aromatic heterocycles. The van der Waals surface area contributed by atoms with Crippen LogP contribution in [-0.4, -0.2) is 45.8 Å². The number of ether oxygens (including phenoxy) is 1. The smallest absolute Gasteiger partial charge is 0.350 e. The number of carbonyl (C=O) groups excluding carboxylic acids is 1. The molecule has 0 saturated carbocycles. The van der Waals surface area contributed by atoms with E-state index < -0.39 is 5.97 Å². The molecule has 1 aliphatic rings. The van der Waals surface area contributed by atoms with Crippen molar-refractivity contribution >= 4 is 28.9 Å². The molecule has 2 N–H and O–H groups in total. The first-order valence-electron chi connectivity index (χ1n) is 7.95. The van der Waals surface area contributed by atoms with Gasteiger partial charge in [-0.15, -0.1) is 0 Å². The summed E-state index contributed by atoms with van der Waals surface area (Å²) in [6, 6.07) is 7.44. The van der Waals surface area contributed by atoms with Gasteiger partial charge in [-0.3, -0.25) is 0 Å². The van der Waals surface area contributed by atoms with E-state index in [9.17, 15) is 4.79 Å². The van der Waals surface area contributed by atoms with Crippen molar-refractivity contribution in [1.82, 2.24) is 0 Å². The Labute approximate surface area is 147 Å². The van der Waals surface area contributed by atoms with Crippen LogP contribution < -0.4 is 15.1 Å². The maximum absolute atomic E-state index is 11.7. The van der Waals surface area contributed by atoms with E-state index in [1.807, 2.05) is 18.2 Å². The lowest BCUT2D eigenvalue weighted by Crippen LogP contribution is -3.12. The summed E-state index contributed by atoms with van der Waals surface area (Å²) in [4.78, 5) is 15.5. The third-order valence-corrected chi connectivity index (χ3v) is 4.14. The zero-order valence-electron chi connectivity index (χ0n) is 13.9. The highest BCUT2D eigenvalue weighted by molar-refractivity contribution is 6.31. The maximum atomic E-state index is 11.7. The molecular formula is C17H22ClN4O2+. The zero-order chi connectivity index (χ0) is 17.5. The fourth-order valence-corrected chi connectivity index (χ4v) is 2.70. The highest BCUT2D eigenvalue weighted by atomic mass is 35.5. The number of halogens is 1. The first-order valence-corrected chi connectivity index (χ1v) is 8.32. The number of nitriles is 1. The number of rotatable bonds is 5. The summed E-state index contributed by atoms with van der Waals surface area (Å²) < 4.78 is 4.86. The maximum Gasteiger partial charge on any atom is 0.350 e. The van der Waals surface area contributed by atoms with E-state index in [-0.39, 0.29) is 12.2 Å². The topological polar surface area (TPSA) is 69.8 Å². The van der Waals surface area contributed by atoms with Crippen LogP contribution in [0, 0.1) is 11.3 Å². The number of likely N-dealkylation sites (N-methyl/N-ethyl adjacent to an activating group) is 1. The van der Waals surface area contributed by atoms with E-state index in [1.165, 1.54) is 11.1 Å². The van der Waals surface area contributed by atoms with Crippen molar-refractivity contribution in [3.63, 3.8) is 0 Å². The van der Waals surface area contributed by atoms with Crippen molar-refractivity contribution in [3.05, 3.63) is 35.0 Å². The largest absolute Gasteiger partial charge is 0.462 e. The molecule has 0 bridgehead atoms. The van der Waals surface area contributed by atoms with Crippen LogP contribution in [0.1, 0.15) is 6.92 Å². The average molecular weight is 350 g/mol. The minimum absolute atomic E-state index is 0.0782. The van der Waals surface area contributed by atoms with Gasteiger partial charge in [0.1, 0.15) is 6.07 Å². The number of carbonyl (C=O) groups is 1. The van der Waals surface area contributed by atoms with Gasteiger partial charge in [-0.1, -0.05) is 11.6 Å². The molecule has 24 heavy (non-hydrogen) atoms. The van der Waals surface area contributed by atoms with Crippen LogP contribution in [0.15, 0.2) is 30.0 Å². The van der Waals surface area contributed by atoms with E-state index in [0.29, 0.717) is 5.02 Å². The molecule has 1 saturated heterocycles. The fourth-order valence-electron chi connectivity index (χ4n) is 2.52. The van der Waals surface area contributed by atoms with Gasteiger partial charge in [-0.25, -0.2) is 4.79 Å². The molecule has 0 spiro atoms. The van der Waals surface area contributed by atoms with Gasteiger partial charge in [0, 0.05) is 11.2 Å². The number of anilines is 2. The predicted molar refractivity (Wildman–Crippen MR) is 94.2 cm³/mol. The van der Waals surface area contributed by atoms with Crippen molar-refractivity contribution in [3.8, 4) is 6.07 Å². The van der Waals surface area contributed by atoms with Gasteiger partial charge >= 0.3 is 5.97 Å². The molecule has 1 aromatic rings. The highest BCUT2D eigenvalue weighted by Crippen LogP contribution is 2.29.